The van der Waals surface area contributed by atoms with Gasteiger partial charge in [0.05, 0.1) is 0 Å². The number of aryl methyl sites for hydroxylation is 2. The maximum absolute atomic E-state index is 12.4. The van der Waals surface area contributed by atoms with Gasteiger partial charge in [0.2, 0.25) is 0 Å². The van der Waals surface area contributed by atoms with Gasteiger partial charge in [0.25, 0.3) is 0 Å². The molecular formula is C18H34N8O2S2. The molecule has 2 aromatic heterocycles. The van der Waals surface area contributed by atoms with Crippen molar-refractivity contribution in [3.05, 3.63) is 11.6 Å². The van der Waals surface area contributed by atoms with Crippen molar-refractivity contribution in [2.45, 2.75) is 66.2 Å². The number of tetrazole rings is 2. The third-order valence-corrected chi connectivity index (χ3v) is 8.28. The topological polar surface area (TPSA) is 143 Å². The van der Waals surface area contributed by atoms with E-state index in [1.54, 1.807) is 0 Å². The van der Waals surface area contributed by atoms with E-state index in [2.05, 4.69) is 68.9 Å². The van der Waals surface area contributed by atoms with Gasteiger partial charge in [-0.1, -0.05) is 38.1 Å². The van der Waals surface area contributed by atoms with Crippen LogP contribution in [0.2, 0.25) is 0 Å². The number of rotatable bonds is 15. The van der Waals surface area contributed by atoms with Crippen molar-refractivity contribution in [1.82, 2.24) is 41.2 Å². The van der Waals surface area contributed by atoms with Crippen molar-refractivity contribution >= 4 is 21.6 Å². The Balaban J connectivity index is 1.59. The molecule has 170 valence electrons. The highest BCUT2D eigenvalue weighted by Gasteiger charge is 2.21. The predicted molar refractivity (Wildman–Crippen MR) is 118 cm³/mol. The van der Waals surface area contributed by atoms with Crippen LogP contribution in [-0.2, 0) is 34.4 Å². The van der Waals surface area contributed by atoms with E-state index in [1.807, 2.05) is 0 Å². The molecule has 0 bridgehead atoms. The summed E-state index contributed by atoms with van der Waals surface area (Å²) >= 11 is 0. The molecule has 0 fully saturated rings. The first-order valence-electron chi connectivity index (χ1n) is 10.3. The molecule has 0 amide bonds. The quantitative estimate of drug-likeness (QED) is 0.410. The third-order valence-electron chi connectivity index (χ3n) is 5.38. The molecule has 2 atom stereocenters. The Hall–Kier alpha value is -1.56. The number of H-pyrrole nitrogens is 2. The van der Waals surface area contributed by atoms with Crippen LogP contribution in [0.25, 0.3) is 0 Å². The number of aromatic nitrogens is 8. The second-order valence-electron chi connectivity index (χ2n) is 9.18. The van der Waals surface area contributed by atoms with Gasteiger partial charge in [-0.25, -0.2) is 0 Å². The molecule has 12 heteroatoms. The summed E-state index contributed by atoms with van der Waals surface area (Å²) in [7, 11) is -1.89. The summed E-state index contributed by atoms with van der Waals surface area (Å²) in [5.74, 6) is 3.67. The lowest BCUT2D eigenvalue weighted by Gasteiger charge is -2.24. The van der Waals surface area contributed by atoms with Crippen molar-refractivity contribution < 1.29 is 8.42 Å². The molecular weight excluding hydrogens is 424 g/mol. The first-order chi connectivity index (χ1) is 14.2. The van der Waals surface area contributed by atoms with Crippen LogP contribution in [0.5, 0.6) is 0 Å². The lowest BCUT2D eigenvalue weighted by atomic mass is 9.85. The van der Waals surface area contributed by atoms with Crippen molar-refractivity contribution in [3.63, 3.8) is 0 Å². The van der Waals surface area contributed by atoms with E-state index in [4.69, 9.17) is 0 Å². The summed E-state index contributed by atoms with van der Waals surface area (Å²) in [5.41, 5.74) is 0.107. The highest BCUT2D eigenvalue weighted by atomic mass is 32.2. The van der Waals surface area contributed by atoms with Crippen LogP contribution >= 0.6 is 0 Å². The maximum Gasteiger partial charge on any atom is 0.174 e. The summed E-state index contributed by atoms with van der Waals surface area (Å²) < 4.78 is 24.8. The first kappa shape index (κ1) is 24.7. The number of hydrogen-bond acceptors (Lipinski definition) is 8. The molecule has 0 radical (unpaired) electrons. The molecule has 0 aliphatic carbocycles. The standard InChI is InChI=1S/C18H34N8O2S2/c1-17(2,7-5-15-19-23-24-20-15)9-11-29(27)13-14-30(28)12-10-18(3,4)8-6-16-21-25-26-22-16/h5-14H2,1-4H3,(H,19,20,23,24)(H,21,22,25,26). The highest BCUT2D eigenvalue weighted by molar-refractivity contribution is 7.88. The molecule has 0 aromatic carbocycles. The van der Waals surface area contributed by atoms with Gasteiger partial charge in [-0.05, 0) is 36.5 Å². The fraction of sp³-hybridized carbons (Fsp3) is 0.889. The Labute approximate surface area is 183 Å². The molecule has 2 aromatic rings. The summed E-state index contributed by atoms with van der Waals surface area (Å²) in [6, 6.07) is 0. The monoisotopic (exact) mass is 458 g/mol. The van der Waals surface area contributed by atoms with E-state index < -0.39 is 21.6 Å². The Morgan fingerprint density at radius 3 is 1.40 bits per heavy atom. The second-order valence-corrected chi connectivity index (χ2v) is 12.6. The number of hydrogen-bond donors (Lipinski definition) is 2. The average Bonchev–Trinajstić information content (AvgIpc) is 3.40. The third kappa shape index (κ3) is 9.96. The Kier molecular flexibility index (Phi) is 9.66. The maximum atomic E-state index is 12.4. The van der Waals surface area contributed by atoms with Crippen LogP contribution in [-0.4, -0.2) is 72.7 Å². The molecule has 2 heterocycles. The zero-order valence-corrected chi connectivity index (χ0v) is 20.0. The van der Waals surface area contributed by atoms with Crippen LogP contribution < -0.4 is 0 Å². The van der Waals surface area contributed by atoms with E-state index >= 15 is 0 Å². The SMILES string of the molecule is CC(C)(CCc1nn[nH]n1)CCS(=O)CCS(=O)CCC(C)(C)CCc1nn[nH]n1. The second kappa shape index (κ2) is 11.7. The van der Waals surface area contributed by atoms with Gasteiger partial charge in [0, 0.05) is 57.5 Å². The van der Waals surface area contributed by atoms with Crippen molar-refractivity contribution in [3.8, 4) is 0 Å². The summed E-state index contributed by atoms with van der Waals surface area (Å²) in [6.07, 6.45) is 5.04. The average molecular weight is 459 g/mol. The molecule has 2 unspecified atom stereocenters. The van der Waals surface area contributed by atoms with E-state index in [-0.39, 0.29) is 10.8 Å². The van der Waals surface area contributed by atoms with Gasteiger partial charge in [0.1, 0.15) is 0 Å². The molecule has 0 saturated heterocycles. The number of nitrogens with zero attached hydrogens (tertiary/aromatic N) is 6. The largest absolute Gasteiger partial charge is 0.260 e. The molecule has 0 aliphatic heterocycles. The fourth-order valence-electron chi connectivity index (χ4n) is 2.90. The molecule has 2 rings (SSSR count). The van der Waals surface area contributed by atoms with Gasteiger partial charge in [-0.2, -0.15) is 10.4 Å². The molecule has 10 nitrogen and oxygen atoms in total. The molecule has 0 saturated carbocycles. The van der Waals surface area contributed by atoms with Gasteiger partial charge >= 0.3 is 0 Å². The molecule has 30 heavy (non-hydrogen) atoms. The normalized spacial score (nSPS) is 14.7. The predicted octanol–water partition coefficient (Wildman–Crippen LogP) is 1.61. The number of nitrogens with one attached hydrogen (secondary N) is 2. The van der Waals surface area contributed by atoms with E-state index in [0.717, 1.165) is 38.5 Å². The van der Waals surface area contributed by atoms with Crippen molar-refractivity contribution in [1.29, 1.82) is 0 Å². The van der Waals surface area contributed by atoms with Gasteiger partial charge in [-0.15, -0.1) is 20.4 Å². The Morgan fingerprint density at radius 2 is 1.07 bits per heavy atom. The van der Waals surface area contributed by atoms with E-state index in [9.17, 15) is 8.42 Å². The first-order valence-corrected chi connectivity index (χ1v) is 13.3. The van der Waals surface area contributed by atoms with Crippen LogP contribution in [0, 0.1) is 10.8 Å². The van der Waals surface area contributed by atoms with Crippen molar-refractivity contribution in [2.75, 3.05) is 23.0 Å². The zero-order valence-electron chi connectivity index (χ0n) is 18.4. The fourth-order valence-corrected chi connectivity index (χ4v) is 6.35. The Bertz CT molecular complexity index is 712. The number of aromatic amines is 2. The summed E-state index contributed by atoms with van der Waals surface area (Å²) in [5, 5.41) is 27.9. The van der Waals surface area contributed by atoms with Gasteiger partial charge < -0.3 is 0 Å². The summed E-state index contributed by atoms with van der Waals surface area (Å²) in [6.45, 7) is 8.66. The minimum Gasteiger partial charge on any atom is -0.260 e. The van der Waals surface area contributed by atoms with Crippen LogP contribution in [0.15, 0.2) is 0 Å². The zero-order chi connectivity index (χ0) is 22.0. The van der Waals surface area contributed by atoms with Crippen LogP contribution in [0.1, 0.15) is 65.0 Å². The highest BCUT2D eigenvalue weighted by Crippen LogP contribution is 2.27. The molecule has 0 aliphatic rings. The lowest BCUT2D eigenvalue weighted by molar-refractivity contribution is 0.321. The lowest BCUT2D eigenvalue weighted by Crippen LogP contribution is -2.21. The van der Waals surface area contributed by atoms with E-state index in [1.165, 1.54) is 0 Å². The van der Waals surface area contributed by atoms with Crippen molar-refractivity contribution in [2.24, 2.45) is 10.8 Å². The smallest absolute Gasteiger partial charge is 0.174 e. The minimum atomic E-state index is -0.946. The minimum absolute atomic E-state index is 0.0537. The van der Waals surface area contributed by atoms with Gasteiger partial charge in [-0.3, -0.25) is 8.42 Å². The summed E-state index contributed by atoms with van der Waals surface area (Å²) in [4.78, 5) is 0. The van der Waals surface area contributed by atoms with E-state index in [0.29, 0.717) is 34.7 Å². The molecule has 2 N–H and O–H groups in total. The van der Waals surface area contributed by atoms with Gasteiger partial charge in [0.15, 0.2) is 11.6 Å². The van der Waals surface area contributed by atoms with Crippen LogP contribution in [0.4, 0.5) is 0 Å². The Morgan fingerprint density at radius 1 is 0.667 bits per heavy atom. The van der Waals surface area contributed by atoms with Crippen LogP contribution in [0.3, 0.4) is 0 Å². The molecule has 0 spiro atoms.